The number of hydrogen-bond donors (Lipinski definition) is 0. The van der Waals surface area contributed by atoms with Crippen molar-refractivity contribution in [3.63, 3.8) is 0 Å². The van der Waals surface area contributed by atoms with Crippen LogP contribution < -0.4 is 4.74 Å². The van der Waals surface area contributed by atoms with Gasteiger partial charge in [-0.25, -0.2) is 13.8 Å². The summed E-state index contributed by atoms with van der Waals surface area (Å²) in [7, 11) is 2.63. The molecule has 1 amide bonds. The standard InChI is InChI=1S/C9H10F3N3O3/c1-15(17-2)9(16)5-3-4-6(14-13-5)18-8(12)7(10)11/h3-4,7-8H,1-2H3. The van der Waals surface area contributed by atoms with Gasteiger partial charge in [0.05, 0.1) is 7.11 Å². The molecule has 0 aliphatic carbocycles. The molecule has 6 nitrogen and oxygen atoms in total. The molecule has 0 fully saturated rings. The quantitative estimate of drug-likeness (QED) is 0.744. The van der Waals surface area contributed by atoms with Crippen LogP contribution in [0.1, 0.15) is 10.5 Å². The molecule has 0 saturated carbocycles. The molecule has 1 unspecified atom stereocenters. The molecule has 0 aromatic carbocycles. The average molecular weight is 265 g/mol. The maximum atomic E-state index is 12.5. The second-order valence-corrected chi connectivity index (χ2v) is 3.05. The fourth-order valence-corrected chi connectivity index (χ4v) is 0.908. The van der Waals surface area contributed by atoms with Crippen molar-refractivity contribution in [3.05, 3.63) is 17.8 Å². The van der Waals surface area contributed by atoms with E-state index in [1.54, 1.807) is 0 Å². The van der Waals surface area contributed by atoms with Gasteiger partial charge in [-0.15, -0.1) is 10.2 Å². The van der Waals surface area contributed by atoms with Crippen LogP contribution in [0.15, 0.2) is 12.1 Å². The molecule has 0 radical (unpaired) electrons. The van der Waals surface area contributed by atoms with Gasteiger partial charge in [0.25, 0.3) is 12.3 Å². The number of halogens is 3. The van der Waals surface area contributed by atoms with Crippen molar-refractivity contribution in [1.82, 2.24) is 15.3 Å². The number of ether oxygens (including phenoxy) is 1. The number of rotatable bonds is 5. The van der Waals surface area contributed by atoms with E-state index in [4.69, 9.17) is 0 Å². The predicted octanol–water partition coefficient (Wildman–Crippen LogP) is 1.05. The summed E-state index contributed by atoms with van der Waals surface area (Å²) >= 11 is 0. The number of nitrogens with zero attached hydrogens (tertiary/aromatic N) is 3. The van der Waals surface area contributed by atoms with E-state index in [-0.39, 0.29) is 5.69 Å². The molecule has 0 saturated heterocycles. The lowest BCUT2D eigenvalue weighted by Crippen LogP contribution is -2.26. The van der Waals surface area contributed by atoms with Crippen molar-refractivity contribution in [1.29, 1.82) is 0 Å². The third kappa shape index (κ3) is 3.55. The van der Waals surface area contributed by atoms with E-state index in [0.29, 0.717) is 0 Å². The minimum absolute atomic E-state index is 0.0980. The van der Waals surface area contributed by atoms with Gasteiger partial charge in [0.1, 0.15) is 0 Å². The number of amides is 1. The summed E-state index contributed by atoms with van der Waals surface area (Å²) < 4.78 is 40.4. The highest BCUT2D eigenvalue weighted by molar-refractivity contribution is 5.91. The van der Waals surface area contributed by atoms with Crippen LogP contribution in [0.4, 0.5) is 13.2 Å². The smallest absolute Gasteiger partial charge is 0.304 e. The predicted molar refractivity (Wildman–Crippen MR) is 52.7 cm³/mol. The lowest BCUT2D eigenvalue weighted by molar-refractivity contribution is -0.0763. The highest BCUT2D eigenvalue weighted by Gasteiger charge is 2.22. The molecule has 1 heterocycles. The third-order valence-corrected chi connectivity index (χ3v) is 1.85. The zero-order valence-electron chi connectivity index (χ0n) is 9.51. The number of carbonyl (C=O) groups excluding carboxylic acids is 1. The molecule has 0 bridgehead atoms. The average Bonchev–Trinajstić information content (AvgIpc) is 2.37. The molecule has 100 valence electrons. The van der Waals surface area contributed by atoms with Gasteiger partial charge in [0.15, 0.2) is 5.69 Å². The van der Waals surface area contributed by atoms with Crippen LogP contribution in [0.2, 0.25) is 0 Å². The van der Waals surface area contributed by atoms with Gasteiger partial charge in [-0.05, 0) is 6.07 Å². The molecule has 0 aliphatic heterocycles. The first-order valence-corrected chi connectivity index (χ1v) is 4.70. The maximum absolute atomic E-state index is 12.5. The molecule has 0 aliphatic rings. The lowest BCUT2D eigenvalue weighted by atomic mass is 10.3. The van der Waals surface area contributed by atoms with E-state index in [0.717, 1.165) is 17.2 Å². The molecule has 1 atom stereocenters. The molecular formula is C9H10F3N3O3. The second kappa shape index (κ2) is 6.15. The fourth-order valence-electron chi connectivity index (χ4n) is 0.908. The summed E-state index contributed by atoms with van der Waals surface area (Å²) in [6.07, 6.45) is -6.07. The monoisotopic (exact) mass is 265 g/mol. The molecular weight excluding hydrogens is 255 g/mol. The number of aromatic nitrogens is 2. The molecule has 1 aromatic heterocycles. The Bertz CT molecular complexity index is 402. The Morgan fingerprint density at radius 2 is 2.00 bits per heavy atom. The van der Waals surface area contributed by atoms with Gasteiger partial charge in [-0.3, -0.25) is 9.63 Å². The van der Waals surface area contributed by atoms with E-state index < -0.39 is 24.6 Å². The van der Waals surface area contributed by atoms with Gasteiger partial charge in [0, 0.05) is 13.1 Å². The largest absolute Gasteiger partial charge is 0.436 e. The highest BCUT2D eigenvalue weighted by Crippen LogP contribution is 2.13. The van der Waals surface area contributed by atoms with Crippen LogP contribution in [-0.2, 0) is 4.84 Å². The van der Waals surface area contributed by atoms with E-state index in [2.05, 4.69) is 19.8 Å². The summed E-state index contributed by atoms with van der Waals surface area (Å²) in [6.45, 7) is 0. The van der Waals surface area contributed by atoms with Gasteiger partial charge >= 0.3 is 6.43 Å². The van der Waals surface area contributed by atoms with Crippen molar-refractivity contribution >= 4 is 5.91 Å². The van der Waals surface area contributed by atoms with E-state index >= 15 is 0 Å². The molecule has 0 N–H and O–H groups in total. The Balaban J connectivity index is 2.71. The Hall–Kier alpha value is -1.90. The van der Waals surface area contributed by atoms with Crippen molar-refractivity contribution in [3.8, 4) is 5.88 Å². The van der Waals surface area contributed by atoms with Crippen molar-refractivity contribution < 1.29 is 27.5 Å². The molecule has 0 spiro atoms. The van der Waals surface area contributed by atoms with Crippen LogP contribution in [0.3, 0.4) is 0 Å². The van der Waals surface area contributed by atoms with Crippen molar-refractivity contribution in [2.24, 2.45) is 0 Å². The molecule has 1 rings (SSSR count). The van der Waals surface area contributed by atoms with Crippen LogP contribution in [-0.4, -0.2) is 48.1 Å². The summed E-state index contributed by atoms with van der Waals surface area (Å²) in [4.78, 5) is 16.1. The molecule has 18 heavy (non-hydrogen) atoms. The van der Waals surface area contributed by atoms with Crippen LogP contribution in [0.25, 0.3) is 0 Å². The molecule has 9 heteroatoms. The summed E-state index contributed by atoms with van der Waals surface area (Å²) in [5.41, 5.74) is -0.0980. The van der Waals surface area contributed by atoms with Gasteiger partial charge in [-0.2, -0.15) is 4.39 Å². The Morgan fingerprint density at radius 3 is 2.44 bits per heavy atom. The summed E-state index contributed by atoms with van der Waals surface area (Å²) in [5.74, 6) is -1.04. The second-order valence-electron chi connectivity index (χ2n) is 3.05. The maximum Gasteiger partial charge on any atom is 0.304 e. The zero-order valence-corrected chi connectivity index (χ0v) is 9.51. The van der Waals surface area contributed by atoms with Crippen LogP contribution >= 0.6 is 0 Å². The number of alkyl halides is 3. The van der Waals surface area contributed by atoms with Crippen LogP contribution in [0, 0.1) is 0 Å². The van der Waals surface area contributed by atoms with Gasteiger partial charge < -0.3 is 4.74 Å². The third-order valence-electron chi connectivity index (χ3n) is 1.85. The van der Waals surface area contributed by atoms with E-state index in [1.165, 1.54) is 14.2 Å². The van der Waals surface area contributed by atoms with Crippen molar-refractivity contribution in [2.45, 2.75) is 12.8 Å². The fraction of sp³-hybridized carbons (Fsp3) is 0.444. The van der Waals surface area contributed by atoms with Crippen LogP contribution in [0.5, 0.6) is 5.88 Å². The normalized spacial score (nSPS) is 12.3. The Kier molecular flexibility index (Phi) is 4.84. The zero-order chi connectivity index (χ0) is 13.7. The van der Waals surface area contributed by atoms with E-state index in [1.807, 2.05) is 0 Å². The minimum Gasteiger partial charge on any atom is -0.436 e. The number of hydroxylamine groups is 2. The minimum atomic E-state index is -3.28. The SMILES string of the molecule is CON(C)C(=O)c1ccc(OC(F)C(F)F)nn1. The number of hydrogen-bond acceptors (Lipinski definition) is 5. The lowest BCUT2D eigenvalue weighted by Gasteiger charge is -2.13. The Labute approximate surface area is 100 Å². The topological polar surface area (TPSA) is 64.5 Å². The Morgan fingerprint density at radius 1 is 1.33 bits per heavy atom. The first-order chi connectivity index (χ1) is 8.45. The van der Waals surface area contributed by atoms with Gasteiger partial charge in [0.2, 0.25) is 5.88 Å². The van der Waals surface area contributed by atoms with Gasteiger partial charge in [-0.1, -0.05) is 0 Å². The van der Waals surface area contributed by atoms with E-state index in [9.17, 15) is 18.0 Å². The highest BCUT2D eigenvalue weighted by atomic mass is 19.3. The first kappa shape index (κ1) is 14.2. The first-order valence-electron chi connectivity index (χ1n) is 4.70. The van der Waals surface area contributed by atoms with Crippen molar-refractivity contribution in [2.75, 3.05) is 14.2 Å². The summed E-state index contributed by atoms with van der Waals surface area (Å²) in [6, 6.07) is 2.21. The summed E-state index contributed by atoms with van der Waals surface area (Å²) in [5, 5.41) is 7.58. The number of carbonyl (C=O) groups is 1. The molecule has 1 aromatic rings.